The second-order valence-electron chi connectivity index (χ2n) is 11.1. The highest BCUT2D eigenvalue weighted by Gasteiger charge is 2.31. The van der Waals surface area contributed by atoms with Crippen molar-refractivity contribution >= 4 is 52.4 Å². The summed E-state index contributed by atoms with van der Waals surface area (Å²) >= 11 is 8.17. The monoisotopic (exact) mass is 603 g/mol. The number of hydrogen-bond donors (Lipinski definition) is 3. The van der Waals surface area contributed by atoms with Crippen LogP contribution in [0.2, 0.25) is 5.02 Å². The van der Waals surface area contributed by atoms with Crippen LogP contribution in [0.4, 0.5) is 0 Å². The van der Waals surface area contributed by atoms with Gasteiger partial charge in [-0.3, -0.25) is 4.79 Å². The predicted molar refractivity (Wildman–Crippen MR) is 175 cm³/mol. The molecule has 4 aromatic rings. The largest absolute Gasteiger partial charge is 0.481 e. The van der Waals surface area contributed by atoms with E-state index in [2.05, 4.69) is 49.4 Å². The van der Waals surface area contributed by atoms with Crippen LogP contribution < -0.4 is 0 Å². The number of thioether (sulfide) groups is 1. The first-order chi connectivity index (χ1) is 20.1. The van der Waals surface area contributed by atoms with Crippen molar-refractivity contribution in [3.05, 3.63) is 112 Å². The van der Waals surface area contributed by atoms with Gasteiger partial charge in [-0.25, -0.2) is 4.98 Å². The third-order valence-electron chi connectivity index (χ3n) is 7.36. The molecule has 1 aromatic heterocycles. The Labute approximate surface area is 257 Å². The highest BCUT2D eigenvalue weighted by Crippen LogP contribution is 2.47. The number of rotatable bonds is 10. The maximum atomic E-state index is 10.9. The molecule has 0 saturated heterocycles. The van der Waals surface area contributed by atoms with Gasteiger partial charge in [-0.1, -0.05) is 85.3 Å². The number of hydrogen-bond acceptors (Lipinski definition) is 5. The lowest BCUT2D eigenvalue weighted by molar-refractivity contribution is -0.134. The van der Waals surface area contributed by atoms with Gasteiger partial charge < -0.3 is 15.3 Å². The topological polar surface area (TPSA) is 90.7 Å². The molecule has 5 rings (SSSR count). The van der Waals surface area contributed by atoms with Crippen LogP contribution in [0.3, 0.4) is 0 Å². The van der Waals surface area contributed by atoms with E-state index < -0.39 is 11.6 Å². The number of carboxylic acids is 1. The normalized spacial score (nSPS) is 16.0. The van der Waals surface area contributed by atoms with Gasteiger partial charge in [0.25, 0.3) is 5.97 Å². The maximum Gasteiger partial charge on any atom is 0.300 e. The molecular weight excluding hydrogens is 566 g/mol. The summed E-state index contributed by atoms with van der Waals surface area (Å²) in [5.74, 6) is 1.26. The Bertz CT molecular complexity index is 1550. The molecule has 3 N–H and O–H groups in total. The van der Waals surface area contributed by atoms with E-state index in [0.717, 1.165) is 51.9 Å². The number of aliphatic hydroxyl groups excluding tert-OH is 1. The minimum atomic E-state index is -1.28. The van der Waals surface area contributed by atoms with Crippen molar-refractivity contribution in [2.45, 2.75) is 50.4 Å². The van der Waals surface area contributed by atoms with Crippen LogP contribution in [-0.4, -0.2) is 38.6 Å². The van der Waals surface area contributed by atoms with Crippen LogP contribution in [0.5, 0.6) is 0 Å². The van der Waals surface area contributed by atoms with Gasteiger partial charge in [0.05, 0.1) is 17.8 Å². The second-order valence-corrected chi connectivity index (χ2v) is 12.7. The lowest BCUT2D eigenvalue weighted by Crippen LogP contribution is -2.28. The molecule has 0 spiro atoms. The zero-order valence-electron chi connectivity index (χ0n) is 24.2. The minimum Gasteiger partial charge on any atom is -0.481 e. The first kappa shape index (κ1) is 31.8. The van der Waals surface area contributed by atoms with Crippen molar-refractivity contribution in [3.63, 3.8) is 0 Å². The summed E-state index contributed by atoms with van der Waals surface area (Å²) in [6.45, 7) is 4.69. The Morgan fingerprint density at radius 3 is 2.50 bits per heavy atom. The molecule has 1 unspecified atom stereocenters. The Morgan fingerprint density at radius 1 is 1.07 bits per heavy atom. The molecule has 220 valence electrons. The first-order valence-electron chi connectivity index (χ1n) is 14.2. The van der Waals surface area contributed by atoms with Crippen molar-refractivity contribution in [1.29, 1.82) is 0 Å². The number of nitrogens with zero attached hydrogens (tertiary/aromatic N) is 1. The SMILES string of the molecule is CC(=O)O.CC(c1ccccc1[C@@](C)(O)CO)[C@@H](SCC1CC1)c1cccc(/C=C/c2ccc3ccc(Cl)cc3n2)c1. The molecule has 42 heavy (non-hydrogen) atoms. The maximum absolute atomic E-state index is 10.9. The van der Waals surface area contributed by atoms with E-state index in [9.17, 15) is 10.2 Å². The summed E-state index contributed by atoms with van der Waals surface area (Å²) in [6.07, 6.45) is 6.79. The van der Waals surface area contributed by atoms with Crippen LogP contribution in [-0.2, 0) is 10.4 Å². The van der Waals surface area contributed by atoms with E-state index >= 15 is 0 Å². The molecule has 1 aliphatic rings. The zero-order valence-corrected chi connectivity index (χ0v) is 25.8. The fraction of sp³-hybridized carbons (Fsp3) is 0.314. The highest BCUT2D eigenvalue weighted by atomic mass is 35.5. The third kappa shape index (κ3) is 8.68. The van der Waals surface area contributed by atoms with E-state index in [0.29, 0.717) is 5.02 Å². The lowest BCUT2D eigenvalue weighted by atomic mass is 9.83. The number of aromatic nitrogens is 1. The number of fused-ring (bicyclic) bond motifs is 1. The summed E-state index contributed by atoms with van der Waals surface area (Å²) in [5, 5.41) is 30.2. The first-order valence-corrected chi connectivity index (χ1v) is 15.6. The third-order valence-corrected chi connectivity index (χ3v) is 9.30. The highest BCUT2D eigenvalue weighted by molar-refractivity contribution is 7.99. The van der Waals surface area contributed by atoms with Gasteiger partial charge in [0.1, 0.15) is 5.60 Å². The van der Waals surface area contributed by atoms with Crippen molar-refractivity contribution in [2.75, 3.05) is 12.4 Å². The molecule has 3 aromatic carbocycles. The summed E-state index contributed by atoms with van der Waals surface area (Å²) in [4.78, 5) is 13.8. The molecule has 0 radical (unpaired) electrons. The van der Waals surface area contributed by atoms with Gasteiger partial charge in [0, 0.05) is 22.6 Å². The number of carbonyl (C=O) groups is 1. The molecule has 0 aliphatic heterocycles. The Kier molecular flexibility index (Phi) is 10.8. The molecule has 7 heteroatoms. The molecule has 5 nitrogen and oxygen atoms in total. The van der Waals surface area contributed by atoms with E-state index in [1.165, 1.54) is 18.4 Å². The lowest BCUT2D eigenvalue weighted by Gasteiger charge is -2.31. The fourth-order valence-electron chi connectivity index (χ4n) is 4.91. The van der Waals surface area contributed by atoms with Crippen LogP contribution in [0.25, 0.3) is 23.1 Å². The molecule has 1 heterocycles. The number of pyridine rings is 1. The molecule has 1 saturated carbocycles. The van der Waals surface area contributed by atoms with Gasteiger partial charge >= 0.3 is 0 Å². The Morgan fingerprint density at radius 2 is 1.79 bits per heavy atom. The summed E-state index contributed by atoms with van der Waals surface area (Å²) in [7, 11) is 0. The van der Waals surface area contributed by atoms with Crippen LogP contribution >= 0.6 is 23.4 Å². The molecule has 1 fully saturated rings. The van der Waals surface area contributed by atoms with Crippen molar-refractivity contribution in [3.8, 4) is 0 Å². The number of carboxylic acid groups (broad SMARTS) is 1. The predicted octanol–water partition coefficient (Wildman–Crippen LogP) is 8.34. The van der Waals surface area contributed by atoms with Gasteiger partial charge in [-0.2, -0.15) is 11.8 Å². The Hall–Kier alpha value is -3.16. The average Bonchev–Trinajstić information content (AvgIpc) is 3.80. The quantitative estimate of drug-likeness (QED) is 0.169. The van der Waals surface area contributed by atoms with Crippen LogP contribution in [0.1, 0.15) is 72.7 Å². The Balaban J connectivity index is 0.000000952. The van der Waals surface area contributed by atoms with E-state index in [-0.39, 0.29) is 17.8 Å². The number of aliphatic carboxylic acids is 1. The molecule has 1 aliphatic carbocycles. The van der Waals surface area contributed by atoms with E-state index in [1.54, 1.807) is 6.92 Å². The fourth-order valence-corrected chi connectivity index (χ4v) is 6.66. The van der Waals surface area contributed by atoms with E-state index in [1.807, 2.05) is 60.3 Å². The van der Waals surface area contributed by atoms with Crippen molar-refractivity contribution in [1.82, 2.24) is 4.98 Å². The second kappa shape index (κ2) is 14.3. The summed E-state index contributed by atoms with van der Waals surface area (Å²) in [5.41, 5.74) is 4.76. The van der Waals surface area contributed by atoms with Gasteiger partial charge in [-0.05, 0) is 83.9 Å². The molecule has 0 bridgehead atoms. The van der Waals surface area contributed by atoms with Crippen molar-refractivity contribution < 1.29 is 20.1 Å². The van der Waals surface area contributed by atoms with Gasteiger partial charge in [0.15, 0.2) is 0 Å². The summed E-state index contributed by atoms with van der Waals surface area (Å²) in [6, 6.07) is 26.6. The van der Waals surface area contributed by atoms with Crippen LogP contribution in [0.15, 0.2) is 78.9 Å². The molecule has 0 amide bonds. The minimum absolute atomic E-state index is 0.152. The summed E-state index contributed by atoms with van der Waals surface area (Å²) < 4.78 is 0. The van der Waals surface area contributed by atoms with Crippen LogP contribution in [0, 0.1) is 5.92 Å². The number of benzene rings is 3. The number of halogens is 1. The molecular formula is C35H38ClNO4S. The van der Waals surface area contributed by atoms with Crippen molar-refractivity contribution in [2.24, 2.45) is 5.92 Å². The van der Waals surface area contributed by atoms with E-state index in [4.69, 9.17) is 26.5 Å². The smallest absolute Gasteiger partial charge is 0.300 e. The molecule has 3 atom stereocenters. The zero-order chi connectivity index (χ0) is 30.3. The van der Waals surface area contributed by atoms with Gasteiger partial charge in [-0.15, -0.1) is 0 Å². The standard InChI is InChI=1S/C33H34ClNO2S.C2H4O2/c1-22(29-8-3-4-9-30(29)33(2,37)21-36)32(38-20-24-10-11-24)26-7-5-6-23(18-26)12-16-28-17-14-25-13-15-27(34)19-31(25)35-28;1-2(3)4/h3-9,12-19,22,24,32,36-37H,10-11,20-21H2,1-2H3;1H3,(H,3,4)/b16-12+;/t22?,32-,33+;/m1./s1. The van der Waals surface area contributed by atoms with Gasteiger partial charge in [0.2, 0.25) is 0 Å². The average molecular weight is 604 g/mol. The number of aliphatic hydroxyl groups is 2.